The van der Waals surface area contributed by atoms with E-state index >= 15 is 0 Å². The molecule has 2 N–H and O–H groups in total. The van der Waals surface area contributed by atoms with Crippen molar-refractivity contribution in [3.05, 3.63) is 27.1 Å². The monoisotopic (exact) mass is 411 g/mol. The van der Waals surface area contributed by atoms with Gasteiger partial charge in [-0.1, -0.05) is 0 Å². The van der Waals surface area contributed by atoms with Gasteiger partial charge in [0.15, 0.2) is 6.61 Å². The highest BCUT2D eigenvalue weighted by Gasteiger charge is 2.37. The van der Waals surface area contributed by atoms with E-state index in [2.05, 4.69) is 31.0 Å². The van der Waals surface area contributed by atoms with Crippen LogP contribution >= 0.6 is 15.9 Å². The number of amides is 2. The van der Waals surface area contributed by atoms with Crippen LogP contribution in [0.15, 0.2) is 21.5 Å². The van der Waals surface area contributed by atoms with Gasteiger partial charge in [0, 0.05) is 17.2 Å². The third kappa shape index (κ3) is 4.73. The van der Waals surface area contributed by atoms with Crippen LogP contribution in [0.1, 0.15) is 12.8 Å². The summed E-state index contributed by atoms with van der Waals surface area (Å²) >= 11 is 3.13. The third-order valence-corrected chi connectivity index (χ3v) is 3.73. The fourth-order valence-electron chi connectivity index (χ4n) is 2.25. The van der Waals surface area contributed by atoms with Gasteiger partial charge in [-0.2, -0.15) is 13.2 Å². The van der Waals surface area contributed by atoms with Gasteiger partial charge in [-0.05, 0) is 34.8 Å². The lowest BCUT2D eigenvalue weighted by Crippen LogP contribution is -2.44. The summed E-state index contributed by atoms with van der Waals surface area (Å²) in [6, 6.07) is 0.377. The van der Waals surface area contributed by atoms with Gasteiger partial charge in [-0.25, -0.2) is 4.79 Å². The van der Waals surface area contributed by atoms with Crippen molar-refractivity contribution >= 4 is 33.6 Å². The third-order valence-electron chi connectivity index (χ3n) is 3.28. The summed E-state index contributed by atoms with van der Waals surface area (Å²) in [5.41, 5.74) is -0.583. The van der Waals surface area contributed by atoms with Crippen molar-refractivity contribution < 1.29 is 27.5 Å². The Bertz CT molecular complexity index is 692. The number of anilines is 1. The lowest BCUT2D eigenvalue weighted by molar-refractivity contribution is -0.162. The standard InChI is InChI=1S/C13H13BrF3N3O4/c14-7-4-8(10(21)18-5-7)19-11(22)9-2-1-3-20(9)12(23)24-6-13(15,16)17/h4-5,9H,1-3,6H2,(H,18,21)(H,19,22). The number of pyridine rings is 1. The number of aromatic nitrogens is 1. The molecule has 1 atom stereocenters. The number of aromatic amines is 1. The first-order chi connectivity index (χ1) is 11.2. The molecule has 7 nitrogen and oxygen atoms in total. The minimum Gasteiger partial charge on any atom is -0.440 e. The number of hydrogen-bond donors (Lipinski definition) is 2. The average Bonchev–Trinajstić information content (AvgIpc) is 2.97. The van der Waals surface area contributed by atoms with E-state index in [9.17, 15) is 27.6 Å². The lowest BCUT2D eigenvalue weighted by Gasteiger charge is -2.23. The van der Waals surface area contributed by atoms with Crippen molar-refractivity contribution in [2.45, 2.75) is 25.1 Å². The van der Waals surface area contributed by atoms with Crippen LogP contribution in [-0.4, -0.2) is 47.3 Å². The highest BCUT2D eigenvalue weighted by molar-refractivity contribution is 9.10. The van der Waals surface area contributed by atoms with Crippen LogP contribution in [0.5, 0.6) is 0 Å². The molecule has 1 aromatic heterocycles. The number of nitrogens with one attached hydrogen (secondary N) is 2. The molecule has 24 heavy (non-hydrogen) atoms. The second-order valence-corrected chi connectivity index (χ2v) is 5.99. The number of nitrogens with zero attached hydrogens (tertiary/aromatic N) is 1. The molecular weight excluding hydrogens is 399 g/mol. The molecule has 1 saturated heterocycles. The van der Waals surface area contributed by atoms with Crippen LogP contribution < -0.4 is 10.9 Å². The van der Waals surface area contributed by atoms with Crippen molar-refractivity contribution in [2.75, 3.05) is 18.5 Å². The normalized spacial score (nSPS) is 17.7. The number of carbonyl (C=O) groups is 2. The summed E-state index contributed by atoms with van der Waals surface area (Å²) in [6.07, 6.45) is -3.77. The zero-order chi connectivity index (χ0) is 17.9. The van der Waals surface area contributed by atoms with E-state index in [1.165, 1.54) is 12.3 Å². The number of halogens is 4. The first-order valence-electron chi connectivity index (χ1n) is 6.86. The zero-order valence-electron chi connectivity index (χ0n) is 12.2. The van der Waals surface area contributed by atoms with E-state index in [-0.39, 0.29) is 18.7 Å². The van der Waals surface area contributed by atoms with E-state index in [0.29, 0.717) is 10.9 Å². The first-order valence-corrected chi connectivity index (χ1v) is 7.66. The Hall–Kier alpha value is -2.04. The molecule has 1 aliphatic heterocycles. The molecule has 2 heterocycles. The lowest BCUT2D eigenvalue weighted by atomic mass is 10.2. The number of ether oxygens (including phenoxy) is 1. The number of H-pyrrole nitrogens is 1. The van der Waals surface area contributed by atoms with Gasteiger partial charge < -0.3 is 15.0 Å². The molecule has 0 aromatic carbocycles. The van der Waals surface area contributed by atoms with E-state index in [0.717, 1.165) is 4.90 Å². The van der Waals surface area contributed by atoms with Gasteiger partial charge in [0.2, 0.25) is 5.91 Å². The number of carbonyl (C=O) groups excluding carboxylic acids is 2. The second kappa shape index (κ2) is 7.24. The summed E-state index contributed by atoms with van der Waals surface area (Å²) in [7, 11) is 0. The Labute approximate surface area is 142 Å². The zero-order valence-corrected chi connectivity index (χ0v) is 13.7. The number of likely N-dealkylation sites (tertiary alicyclic amines) is 1. The fourth-order valence-corrected chi connectivity index (χ4v) is 2.59. The Kier molecular flexibility index (Phi) is 5.52. The maximum absolute atomic E-state index is 12.2. The molecule has 0 bridgehead atoms. The molecule has 2 rings (SSSR count). The Balaban J connectivity index is 2.04. The van der Waals surface area contributed by atoms with Gasteiger partial charge in [0.1, 0.15) is 11.7 Å². The van der Waals surface area contributed by atoms with E-state index in [1.807, 2.05) is 0 Å². The number of hydrogen-bond acceptors (Lipinski definition) is 4. The van der Waals surface area contributed by atoms with Crippen LogP contribution in [0.3, 0.4) is 0 Å². The second-order valence-electron chi connectivity index (χ2n) is 5.07. The van der Waals surface area contributed by atoms with Gasteiger partial charge in [-0.15, -0.1) is 0 Å². The molecule has 0 radical (unpaired) electrons. The fraction of sp³-hybridized carbons (Fsp3) is 0.462. The highest BCUT2D eigenvalue weighted by Crippen LogP contribution is 2.22. The Morgan fingerprint density at radius 1 is 1.46 bits per heavy atom. The largest absolute Gasteiger partial charge is 0.440 e. The van der Waals surface area contributed by atoms with Crippen LogP contribution in [0.2, 0.25) is 0 Å². The molecule has 0 saturated carbocycles. The number of alkyl halides is 3. The molecule has 11 heteroatoms. The van der Waals surface area contributed by atoms with Crippen molar-refractivity contribution in [1.29, 1.82) is 0 Å². The summed E-state index contributed by atoms with van der Waals surface area (Å²) in [4.78, 5) is 38.9. The first kappa shape index (κ1) is 18.3. The molecule has 1 aromatic rings. The van der Waals surface area contributed by atoms with Crippen LogP contribution in [0.25, 0.3) is 0 Å². The summed E-state index contributed by atoms with van der Waals surface area (Å²) < 4.78 is 41.0. The minimum absolute atomic E-state index is 0.0371. The predicted octanol–water partition coefficient (Wildman–Crippen LogP) is 2.24. The van der Waals surface area contributed by atoms with Gasteiger partial charge in [-0.3, -0.25) is 14.5 Å². The Morgan fingerprint density at radius 3 is 2.83 bits per heavy atom. The van der Waals surface area contributed by atoms with Crippen LogP contribution in [-0.2, 0) is 9.53 Å². The summed E-state index contributed by atoms with van der Waals surface area (Å²) in [6.45, 7) is -1.62. The summed E-state index contributed by atoms with van der Waals surface area (Å²) in [5.74, 6) is -0.667. The van der Waals surface area contributed by atoms with Gasteiger partial charge in [0.25, 0.3) is 5.56 Å². The highest BCUT2D eigenvalue weighted by atomic mass is 79.9. The molecule has 1 fully saturated rings. The van der Waals surface area contributed by atoms with Crippen molar-refractivity contribution in [3.63, 3.8) is 0 Å². The van der Waals surface area contributed by atoms with E-state index in [1.54, 1.807) is 0 Å². The molecule has 0 spiro atoms. The topological polar surface area (TPSA) is 91.5 Å². The summed E-state index contributed by atoms with van der Waals surface area (Å²) in [5, 5.41) is 2.37. The van der Waals surface area contributed by atoms with Crippen LogP contribution in [0.4, 0.5) is 23.7 Å². The minimum atomic E-state index is -4.64. The average molecular weight is 412 g/mol. The van der Waals surface area contributed by atoms with Crippen LogP contribution in [0, 0.1) is 0 Å². The van der Waals surface area contributed by atoms with E-state index in [4.69, 9.17) is 0 Å². The predicted molar refractivity (Wildman–Crippen MR) is 80.5 cm³/mol. The molecule has 1 aliphatic rings. The molecule has 0 aliphatic carbocycles. The van der Waals surface area contributed by atoms with Crippen molar-refractivity contribution in [1.82, 2.24) is 9.88 Å². The molecule has 132 valence electrons. The van der Waals surface area contributed by atoms with Gasteiger partial charge in [0.05, 0.1) is 0 Å². The Morgan fingerprint density at radius 2 is 2.17 bits per heavy atom. The van der Waals surface area contributed by atoms with Gasteiger partial charge >= 0.3 is 12.3 Å². The molecule has 2 amide bonds. The van der Waals surface area contributed by atoms with Crippen molar-refractivity contribution in [2.24, 2.45) is 0 Å². The SMILES string of the molecule is O=C(Nc1cc(Br)c[nH]c1=O)C1CCCN1C(=O)OCC(F)(F)F. The molecular formula is C13H13BrF3N3O4. The smallest absolute Gasteiger partial charge is 0.422 e. The van der Waals surface area contributed by atoms with E-state index < -0.39 is 36.4 Å². The maximum Gasteiger partial charge on any atom is 0.422 e. The number of rotatable bonds is 3. The maximum atomic E-state index is 12.2. The van der Waals surface area contributed by atoms with Crippen molar-refractivity contribution in [3.8, 4) is 0 Å². The molecule has 1 unspecified atom stereocenters. The quantitative estimate of drug-likeness (QED) is 0.797.